The van der Waals surface area contributed by atoms with Crippen molar-refractivity contribution in [1.29, 1.82) is 0 Å². The fourth-order valence-corrected chi connectivity index (χ4v) is 3.38. The Bertz CT molecular complexity index is 362. The van der Waals surface area contributed by atoms with E-state index in [1.165, 1.54) is 4.88 Å². The Morgan fingerprint density at radius 2 is 2.47 bits per heavy atom. The van der Waals surface area contributed by atoms with Gasteiger partial charge >= 0.3 is 0 Å². The zero-order valence-electron chi connectivity index (χ0n) is 8.50. The van der Waals surface area contributed by atoms with Crippen molar-refractivity contribution in [1.82, 2.24) is 5.32 Å². The summed E-state index contributed by atoms with van der Waals surface area (Å²) < 4.78 is 0.861. The first kappa shape index (κ1) is 11.3. The maximum atomic E-state index is 5.85. The molecular formula is C10H13ClN2S2. The SMILES string of the molecule is CC1CSC(=NCCc2ccc(Cl)s2)N1. The number of amidine groups is 1. The third-order valence-electron chi connectivity index (χ3n) is 2.08. The van der Waals surface area contributed by atoms with Crippen LogP contribution in [0.5, 0.6) is 0 Å². The predicted octanol–water partition coefficient (Wildman–Crippen LogP) is 3.02. The molecule has 0 bridgehead atoms. The van der Waals surface area contributed by atoms with Crippen LogP contribution < -0.4 is 5.32 Å². The summed E-state index contributed by atoms with van der Waals surface area (Å²) in [6, 6.07) is 4.58. The summed E-state index contributed by atoms with van der Waals surface area (Å²) in [5.41, 5.74) is 0. The molecule has 0 aliphatic carbocycles. The van der Waals surface area contributed by atoms with Gasteiger partial charge in [-0.1, -0.05) is 23.4 Å². The van der Waals surface area contributed by atoms with Gasteiger partial charge in [0.05, 0.1) is 4.34 Å². The summed E-state index contributed by atoms with van der Waals surface area (Å²) in [4.78, 5) is 5.82. The van der Waals surface area contributed by atoms with Gasteiger partial charge in [-0.15, -0.1) is 11.3 Å². The van der Waals surface area contributed by atoms with Crippen molar-refractivity contribution in [3.8, 4) is 0 Å². The van der Waals surface area contributed by atoms with E-state index in [1.54, 1.807) is 11.3 Å². The van der Waals surface area contributed by atoms with Crippen LogP contribution in [0.1, 0.15) is 11.8 Å². The van der Waals surface area contributed by atoms with Crippen LogP contribution in [0.3, 0.4) is 0 Å². The van der Waals surface area contributed by atoms with Crippen LogP contribution in [0.4, 0.5) is 0 Å². The molecular weight excluding hydrogens is 248 g/mol. The van der Waals surface area contributed by atoms with Crippen molar-refractivity contribution in [2.24, 2.45) is 4.99 Å². The molecule has 1 N–H and O–H groups in total. The fraction of sp³-hybridized carbons (Fsp3) is 0.500. The quantitative estimate of drug-likeness (QED) is 0.904. The van der Waals surface area contributed by atoms with Crippen molar-refractivity contribution in [2.45, 2.75) is 19.4 Å². The van der Waals surface area contributed by atoms with Gasteiger partial charge in [-0.05, 0) is 19.1 Å². The Labute approximate surface area is 103 Å². The van der Waals surface area contributed by atoms with Gasteiger partial charge < -0.3 is 5.32 Å². The van der Waals surface area contributed by atoms with E-state index >= 15 is 0 Å². The zero-order valence-corrected chi connectivity index (χ0v) is 10.9. The van der Waals surface area contributed by atoms with Crippen LogP contribution in [-0.4, -0.2) is 23.5 Å². The molecule has 1 aliphatic heterocycles. The number of hydrogen-bond donors (Lipinski definition) is 1. The highest BCUT2D eigenvalue weighted by Crippen LogP contribution is 2.22. The molecule has 1 saturated heterocycles. The molecule has 2 rings (SSSR count). The van der Waals surface area contributed by atoms with Gasteiger partial charge in [0.25, 0.3) is 0 Å². The number of thioether (sulfide) groups is 1. The maximum Gasteiger partial charge on any atom is 0.156 e. The van der Waals surface area contributed by atoms with Crippen LogP contribution >= 0.6 is 34.7 Å². The molecule has 0 radical (unpaired) electrons. The Morgan fingerprint density at radius 1 is 1.60 bits per heavy atom. The summed E-state index contributed by atoms with van der Waals surface area (Å²) in [5.74, 6) is 1.13. The third kappa shape index (κ3) is 3.40. The standard InChI is InChI=1S/C10H13ClN2S2/c1-7-6-14-10(13-7)12-5-4-8-2-3-9(11)15-8/h2-3,7H,4-6H2,1H3,(H,12,13). The molecule has 2 heterocycles. The molecule has 1 aliphatic rings. The number of rotatable bonds is 3. The van der Waals surface area contributed by atoms with E-state index in [0.717, 1.165) is 28.2 Å². The van der Waals surface area contributed by atoms with E-state index in [1.807, 2.05) is 17.8 Å². The van der Waals surface area contributed by atoms with Crippen LogP contribution in [0.15, 0.2) is 17.1 Å². The number of halogens is 1. The Hall–Kier alpha value is -0.190. The molecule has 0 spiro atoms. The van der Waals surface area contributed by atoms with Gasteiger partial charge in [0.1, 0.15) is 0 Å². The zero-order chi connectivity index (χ0) is 10.7. The first-order valence-corrected chi connectivity index (χ1v) is 7.10. The van der Waals surface area contributed by atoms with Gasteiger partial charge in [-0.3, -0.25) is 4.99 Å². The van der Waals surface area contributed by atoms with Crippen molar-refractivity contribution in [3.05, 3.63) is 21.3 Å². The number of hydrogen-bond acceptors (Lipinski definition) is 3. The van der Waals surface area contributed by atoms with E-state index in [0.29, 0.717) is 6.04 Å². The minimum Gasteiger partial charge on any atom is -0.362 e. The number of nitrogens with one attached hydrogen (secondary N) is 1. The average Bonchev–Trinajstić information content (AvgIpc) is 2.76. The first-order chi connectivity index (χ1) is 7.24. The van der Waals surface area contributed by atoms with Gasteiger partial charge in [0.15, 0.2) is 5.17 Å². The Kier molecular flexibility index (Phi) is 3.94. The lowest BCUT2D eigenvalue weighted by Crippen LogP contribution is -2.23. The van der Waals surface area contributed by atoms with Crippen LogP contribution in [0.2, 0.25) is 4.34 Å². The molecule has 15 heavy (non-hydrogen) atoms. The summed E-state index contributed by atoms with van der Waals surface area (Å²) in [6.07, 6.45) is 0.984. The summed E-state index contributed by atoms with van der Waals surface area (Å²) in [7, 11) is 0. The monoisotopic (exact) mass is 260 g/mol. The van der Waals surface area contributed by atoms with Crippen LogP contribution in [0, 0.1) is 0 Å². The molecule has 5 heteroatoms. The molecule has 1 aromatic heterocycles. The van der Waals surface area contributed by atoms with Crippen molar-refractivity contribution >= 4 is 39.9 Å². The molecule has 82 valence electrons. The van der Waals surface area contributed by atoms with Gasteiger partial charge in [0, 0.05) is 29.6 Å². The lowest BCUT2D eigenvalue weighted by Gasteiger charge is -2.00. The van der Waals surface area contributed by atoms with Crippen molar-refractivity contribution < 1.29 is 0 Å². The number of aliphatic imine (C=N–C) groups is 1. The maximum absolute atomic E-state index is 5.85. The molecule has 1 fully saturated rings. The molecule has 1 atom stereocenters. The van der Waals surface area contributed by atoms with Crippen molar-refractivity contribution in [3.63, 3.8) is 0 Å². The largest absolute Gasteiger partial charge is 0.362 e. The topological polar surface area (TPSA) is 24.4 Å². The summed E-state index contributed by atoms with van der Waals surface area (Å²) in [5, 5.41) is 4.42. The van der Waals surface area contributed by atoms with E-state index in [2.05, 4.69) is 23.3 Å². The highest BCUT2D eigenvalue weighted by atomic mass is 35.5. The summed E-state index contributed by atoms with van der Waals surface area (Å²) in [6.45, 7) is 3.02. The van der Waals surface area contributed by atoms with Gasteiger partial charge in [-0.2, -0.15) is 0 Å². The minimum atomic E-state index is 0.560. The number of thiophene rings is 1. The minimum absolute atomic E-state index is 0.560. The second kappa shape index (κ2) is 5.23. The molecule has 0 amide bonds. The van der Waals surface area contributed by atoms with E-state index < -0.39 is 0 Å². The van der Waals surface area contributed by atoms with E-state index in [-0.39, 0.29) is 0 Å². The first-order valence-electron chi connectivity index (χ1n) is 4.92. The van der Waals surface area contributed by atoms with Gasteiger partial charge in [-0.25, -0.2) is 0 Å². The van der Waals surface area contributed by atoms with E-state index in [4.69, 9.17) is 11.6 Å². The lowest BCUT2D eigenvalue weighted by molar-refractivity contribution is 0.764. The molecule has 1 aromatic rings. The van der Waals surface area contributed by atoms with Crippen LogP contribution in [-0.2, 0) is 6.42 Å². The number of nitrogens with zero attached hydrogens (tertiary/aromatic N) is 1. The lowest BCUT2D eigenvalue weighted by atomic mass is 10.3. The third-order valence-corrected chi connectivity index (χ3v) is 4.56. The van der Waals surface area contributed by atoms with Gasteiger partial charge in [0.2, 0.25) is 0 Å². The molecule has 0 aromatic carbocycles. The smallest absolute Gasteiger partial charge is 0.156 e. The van der Waals surface area contributed by atoms with Crippen molar-refractivity contribution in [2.75, 3.05) is 12.3 Å². The van der Waals surface area contributed by atoms with E-state index in [9.17, 15) is 0 Å². The Balaban J connectivity index is 1.79. The Morgan fingerprint density at radius 3 is 3.07 bits per heavy atom. The average molecular weight is 261 g/mol. The predicted molar refractivity (Wildman–Crippen MR) is 70.4 cm³/mol. The normalized spacial score (nSPS) is 23.3. The fourth-order valence-electron chi connectivity index (χ4n) is 1.34. The highest BCUT2D eigenvalue weighted by Gasteiger charge is 2.14. The second-order valence-electron chi connectivity index (χ2n) is 3.50. The highest BCUT2D eigenvalue weighted by molar-refractivity contribution is 8.14. The second-order valence-corrected chi connectivity index (χ2v) is 6.31. The molecule has 2 nitrogen and oxygen atoms in total. The molecule has 0 saturated carbocycles. The van der Waals surface area contributed by atoms with Crippen LogP contribution in [0.25, 0.3) is 0 Å². The summed E-state index contributed by atoms with van der Waals surface area (Å²) >= 11 is 9.30. The molecule has 1 unspecified atom stereocenters.